The second kappa shape index (κ2) is 8.40. The Morgan fingerprint density at radius 1 is 0.839 bits per heavy atom. The molecule has 5 heteroatoms. The number of carbonyl (C=O) groups is 2. The first kappa shape index (κ1) is 20.9. The van der Waals surface area contributed by atoms with Crippen LogP contribution in [0.5, 0.6) is 0 Å². The van der Waals surface area contributed by atoms with Crippen molar-refractivity contribution in [2.75, 3.05) is 10.2 Å². The lowest BCUT2D eigenvalue weighted by Gasteiger charge is -2.15. The number of amides is 2. The number of aryl methyl sites for hydroxylation is 3. The van der Waals surface area contributed by atoms with E-state index in [2.05, 4.69) is 12.2 Å². The van der Waals surface area contributed by atoms with Gasteiger partial charge in [0.25, 0.3) is 11.8 Å². The molecule has 0 aromatic heterocycles. The van der Waals surface area contributed by atoms with Gasteiger partial charge < -0.3 is 5.32 Å². The second-order valence-corrected chi connectivity index (χ2v) is 8.08. The molecule has 0 saturated carbocycles. The summed E-state index contributed by atoms with van der Waals surface area (Å²) in [5.41, 5.74) is 5.97. The fourth-order valence-electron chi connectivity index (χ4n) is 3.60. The monoisotopic (exact) mass is 430 g/mol. The van der Waals surface area contributed by atoms with Crippen LogP contribution in [0, 0.1) is 13.8 Å². The highest BCUT2D eigenvalue weighted by Gasteiger charge is 2.40. The number of hydrogen-bond donors (Lipinski definition) is 1. The molecule has 156 valence electrons. The van der Waals surface area contributed by atoms with Gasteiger partial charge in [-0.2, -0.15) is 0 Å². The van der Waals surface area contributed by atoms with Crippen LogP contribution < -0.4 is 10.2 Å². The lowest BCUT2D eigenvalue weighted by Crippen LogP contribution is -2.32. The minimum Gasteiger partial charge on any atom is -0.350 e. The SMILES string of the molecule is CCc1ccc(NC2=C(c3ccc(C)c(C)c3)C(=O)N(c3ccc(Cl)cc3)C2=O)cc1. The zero-order chi connectivity index (χ0) is 22.1. The summed E-state index contributed by atoms with van der Waals surface area (Å²) in [6.07, 6.45) is 0.929. The summed E-state index contributed by atoms with van der Waals surface area (Å²) in [6.45, 7) is 6.10. The number of rotatable bonds is 5. The molecule has 0 atom stereocenters. The van der Waals surface area contributed by atoms with Crippen molar-refractivity contribution >= 4 is 40.4 Å². The summed E-state index contributed by atoms with van der Waals surface area (Å²) in [7, 11) is 0. The van der Waals surface area contributed by atoms with Crippen LogP contribution in [0.3, 0.4) is 0 Å². The van der Waals surface area contributed by atoms with E-state index in [0.29, 0.717) is 21.8 Å². The molecule has 0 spiro atoms. The molecule has 0 unspecified atom stereocenters. The second-order valence-electron chi connectivity index (χ2n) is 7.65. The maximum absolute atomic E-state index is 13.5. The molecule has 0 fully saturated rings. The highest BCUT2D eigenvalue weighted by atomic mass is 35.5. The molecule has 2 amide bonds. The predicted molar refractivity (Wildman–Crippen MR) is 126 cm³/mol. The fraction of sp³-hybridized carbons (Fsp3) is 0.154. The summed E-state index contributed by atoms with van der Waals surface area (Å²) in [6, 6.07) is 20.4. The van der Waals surface area contributed by atoms with E-state index in [1.807, 2.05) is 56.3 Å². The molecule has 0 bridgehead atoms. The molecule has 0 saturated heterocycles. The normalized spacial score (nSPS) is 13.9. The molecule has 1 aliphatic heterocycles. The minimum atomic E-state index is -0.389. The molecule has 0 radical (unpaired) electrons. The van der Waals surface area contributed by atoms with Gasteiger partial charge in [0.2, 0.25) is 0 Å². The number of nitrogens with one attached hydrogen (secondary N) is 1. The molecule has 1 aliphatic rings. The first-order chi connectivity index (χ1) is 14.9. The van der Waals surface area contributed by atoms with E-state index >= 15 is 0 Å². The van der Waals surface area contributed by atoms with E-state index in [4.69, 9.17) is 11.6 Å². The Morgan fingerprint density at radius 2 is 1.52 bits per heavy atom. The number of halogens is 1. The van der Waals surface area contributed by atoms with Crippen molar-refractivity contribution in [3.8, 4) is 0 Å². The molecular formula is C26H23ClN2O2. The Labute approximate surface area is 187 Å². The van der Waals surface area contributed by atoms with Crippen LogP contribution in [-0.2, 0) is 16.0 Å². The van der Waals surface area contributed by atoms with E-state index in [-0.39, 0.29) is 17.5 Å². The van der Waals surface area contributed by atoms with Gasteiger partial charge in [-0.25, -0.2) is 4.90 Å². The summed E-state index contributed by atoms with van der Waals surface area (Å²) < 4.78 is 0. The van der Waals surface area contributed by atoms with Crippen LogP contribution in [0.4, 0.5) is 11.4 Å². The van der Waals surface area contributed by atoms with E-state index < -0.39 is 0 Å². The third-order valence-corrected chi connectivity index (χ3v) is 5.85. The first-order valence-corrected chi connectivity index (χ1v) is 10.6. The van der Waals surface area contributed by atoms with E-state index in [9.17, 15) is 9.59 Å². The average molecular weight is 431 g/mol. The van der Waals surface area contributed by atoms with Crippen molar-refractivity contribution in [3.63, 3.8) is 0 Å². The third-order valence-electron chi connectivity index (χ3n) is 5.60. The van der Waals surface area contributed by atoms with Crippen molar-refractivity contribution in [2.24, 2.45) is 0 Å². The Morgan fingerprint density at radius 3 is 2.13 bits per heavy atom. The maximum Gasteiger partial charge on any atom is 0.282 e. The summed E-state index contributed by atoms with van der Waals surface area (Å²) in [5, 5.41) is 3.75. The van der Waals surface area contributed by atoms with Crippen LogP contribution in [0.1, 0.15) is 29.2 Å². The van der Waals surface area contributed by atoms with Crippen molar-refractivity contribution in [2.45, 2.75) is 27.2 Å². The van der Waals surface area contributed by atoms with Gasteiger partial charge in [-0.05, 0) is 78.9 Å². The number of benzene rings is 3. The molecular weight excluding hydrogens is 408 g/mol. The minimum absolute atomic E-state index is 0.271. The number of nitrogens with zero attached hydrogens (tertiary/aromatic N) is 1. The molecule has 3 aromatic carbocycles. The van der Waals surface area contributed by atoms with E-state index in [1.54, 1.807) is 24.3 Å². The molecule has 1 heterocycles. The molecule has 3 aromatic rings. The van der Waals surface area contributed by atoms with Gasteiger partial charge in [0.05, 0.1) is 11.3 Å². The molecule has 31 heavy (non-hydrogen) atoms. The van der Waals surface area contributed by atoms with E-state index in [0.717, 1.165) is 23.2 Å². The van der Waals surface area contributed by atoms with Crippen LogP contribution in [-0.4, -0.2) is 11.8 Å². The Kier molecular flexibility index (Phi) is 5.66. The molecule has 1 N–H and O–H groups in total. The van der Waals surface area contributed by atoms with Gasteiger partial charge in [0.1, 0.15) is 5.70 Å². The third kappa shape index (κ3) is 3.99. The van der Waals surface area contributed by atoms with Gasteiger partial charge in [-0.3, -0.25) is 9.59 Å². The topological polar surface area (TPSA) is 49.4 Å². The zero-order valence-corrected chi connectivity index (χ0v) is 18.5. The van der Waals surface area contributed by atoms with Crippen LogP contribution in [0.15, 0.2) is 72.4 Å². The van der Waals surface area contributed by atoms with Crippen molar-refractivity contribution in [3.05, 3.63) is 99.7 Å². The first-order valence-electron chi connectivity index (χ1n) is 10.2. The number of anilines is 2. The number of carbonyl (C=O) groups excluding carboxylic acids is 2. The van der Waals surface area contributed by atoms with Crippen LogP contribution in [0.2, 0.25) is 5.02 Å². The van der Waals surface area contributed by atoms with Crippen molar-refractivity contribution in [1.29, 1.82) is 0 Å². The van der Waals surface area contributed by atoms with Gasteiger partial charge in [-0.15, -0.1) is 0 Å². The number of imide groups is 1. The average Bonchev–Trinajstić information content (AvgIpc) is 3.01. The van der Waals surface area contributed by atoms with E-state index in [1.165, 1.54) is 10.5 Å². The van der Waals surface area contributed by atoms with Crippen LogP contribution >= 0.6 is 11.6 Å². The smallest absolute Gasteiger partial charge is 0.282 e. The highest BCUT2D eigenvalue weighted by molar-refractivity contribution is 6.46. The Bertz CT molecular complexity index is 1200. The summed E-state index contributed by atoms with van der Waals surface area (Å²) in [5.74, 6) is -0.747. The van der Waals surface area contributed by atoms with Crippen molar-refractivity contribution < 1.29 is 9.59 Å². The highest BCUT2D eigenvalue weighted by Crippen LogP contribution is 2.34. The predicted octanol–water partition coefficient (Wildman–Crippen LogP) is 5.92. The largest absolute Gasteiger partial charge is 0.350 e. The van der Waals surface area contributed by atoms with Gasteiger partial charge in [-0.1, -0.05) is 48.9 Å². The lowest BCUT2D eigenvalue weighted by atomic mass is 9.99. The quantitative estimate of drug-likeness (QED) is 0.511. The zero-order valence-electron chi connectivity index (χ0n) is 17.7. The van der Waals surface area contributed by atoms with Crippen molar-refractivity contribution in [1.82, 2.24) is 0 Å². The maximum atomic E-state index is 13.5. The Hall–Kier alpha value is -3.37. The van der Waals surface area contributed by atoms with Gasteiger partial charge in [0, 0.05) is 10.7 Å². The summed E-state index contributed by atoms with van der Waals surface area (Å²) in [4.78, 5) is 28.1. The standard InChI is InChI=1S/C26H23ClN2O2/c1-4-18-6-11-21(12-7-18)28-24-23(19-8-5-16(2)17(3)15-19)25(30)29(26(24)31)22-13-9-20(27)10-14-22/h5-15,28H,4H2,1-3H3. The lowest BCUT2D eigenvalue weighted by molar-refractivity contribution is -0.120. The number of hydrogen-bond acceptors (Lipinski definition) is 3. The molecule has 4 nitrogen and oxygen atoms in total. The molecule has 0 aliphatic carbocycles. The fourth-order valence-corrected chi connectivity index (χ4v) is 3.73. The Balaban J connectivity index is 1.81. The van der Waals surface area contributed by atoms with Crippen LogP contribution in [0.25, 0.3) is 5.57 Å². The summed E-state index contributed by atoms with van der Waals surface area (Å²) >= 11 is 6.00. The van der Waals surface area contributed by atoms with Gasteiger partial charge >= 0.3 is 0 Å². The van der Waals surface area contributed by atoms with Gasteiger partial charge in [0.15, 0.2) is 0 Å². The molecule has 4 rings (SSSR count).